The van der Waals surface area contributed by atoms with Crippen molar-refractivity contribution in [2.24, 2.45) is 4.99 Å². The van der Waals surface area contributed by atoms with Crippen molar-refractivity contribution in [1.82, 2.24) is 0 Å². The van der Waals surface area contributed by atoms with Crippen LogP contribution in [0.4, 0.5) is 11.4 Å². The Balaban J connectivity index is 1.61. The zero-order valence-electron chi connectivity index (χ0n) is 16.1. The first-order valence-electron chi connectivity index (χ1n) is 9.70. The van der Waals surface area contributed by atoms with Crippen LogP contribution in [0.15, 0.2) is 113 Å². The third kappa shape index (κ3) is 3.53. The molecular formula is C26H18N2OS. The van der Waals surface area contributed by atoms with Crippen molar-refractivity contribution in [2.75, 3.05) is 4.90 Å². The van der Waals surface area contributed by atoms with Gasteiger partial charge in [0.1, 0.15) is 0 Å². The lowest BCUT2D eigenvalue weighted by Crippen LogP contribution is -2.28. The summed E-state index contributed by atoms with van der Waals surface area (Å²) < 4.78 is 0. The van der Waals surface area contributed by atoms with Crippen molar-refractivity contribution in [3.63, 3.8) is 0 Å². The van der Waals surface area contributed by atoms with Crippen LogP contribution in [0.5, 0.6) is 0 Å². The van der Waals surface area contributed by atoms with Gasteiger partial charge in [-0.1, -0.05) is 78.9 Å². The average Bonchev–Trinajstić information content (AvgIpc) is 3.10. The number of benzene rings is 4. The molecule has 4 heteroatoms. The van der Waals surface area contributed by atoms with E-state index in [0.29, 0.717) is 10.1 Å². The zero-order valence-corrected chi connectivity index (χ0v) is 16.9. The molecular weight excluding hydrogens is 388 g/mol. The summed E-state index contributed by atoms with van der Waals surface area (Å²) in [6.07, 6.45) is 1.97. The quantitative estimate of drug-likeness (QED) is 0.357. The number of anilines is 1. The van der Waals surface area contributed by atoms with Gasteiger partial charge in [-0.25, -0.2) is 4.99 Å². The molecule has 30 heavy (non-hydrogen) atoms. The van der Waals surface area contributed by atoms with Crippen LogP contribution in [0.1, 0.15) is 5.56 Å². The van der Waals surface area contributed by atoms with Crippen LogP contribution < -0.4 is 4.90 Å². The molecule has 0 atom stereocenters. The number of rotatable bonds is 3. The Bertz CT molecular complexity index is 1270. The molecule has 0 aromatic heterocycles. The van der Waals surface area contributed by atoms with E-state index in [-0.39, 0.29) is 5.91 Å². The summed E-state index contributed by atoms with van der Waals surface area (Å²) in [5.41, 5.74) is 2.66. The first-order valence-corrected chi connectivity index (χ1v) is 10.5. The van der Waals surface area contributed by atoms with E-state index in [4.69, 9.17) is 4.99 Å². The largest absolute Gasteiger partial charge is 0.271 e. The SMILES string of the molecule is O=C1C(=Cc2cccc3ccccc23)SC(=Nc2ccccc2)N1c1ccccc1. The number of amidine groups is 1. The summed E-state index contributed by atoms with van der Waals surface area (Å²) >= 11 is 1.41. The monoisotopic (exact) mass is 406 g/mol. The van der Waals surface area contributed by atoms with Gasteiger partial charge in [0.25, 0.3) is 5.91 Å². The lowest BCUT2D eigenvalue weighted by atomic mass is 10.0. The minimum absolute atomic E-state index is 0.0613. The number of fused-ring (bicyclic) bond motifs is 1. The number of carbonyl (C=O) groups is 1. The van der Waals surface area contributed by atoms with Gasteiger partial charge >= 0.3 is 0 Å². The minimum atomic E-state index is -0.0613. The Morgan fingerprint density at radius 2 is 1.40 bits per heavy atom. The van der Waals surface area contributed by atoms with Crippen molar-refractivity contribution in [3.05, 3.63) is 114 Å². The van der Waals surface area contributed by atoms with Crippen LogP contribution in [0.2, 0.25) is 0 Å². The highest BCUT2D eigenvalue weighted by Crippen LogP contribution is 2.37. The second kappa shape index (κ2) is 8.01. The van der Waals surface area contributed by atoms with Crippen LogP contribution >= 0.6 is 11.8 Å². The molecule has 4 aromatic carbocycles. The summed E-state index contributed by atoms with van der Waals surface area (Å²) in [5.74, 6) is -0.0613. The molecule has 1 fully saturated rings. The summed E-state index contributed by atoms with van der Waals surface area (Å²) in [7, 11) is 0. The Hall–Kier alpha value is -3.63. The molecule has 4 aromatic rings. The first-order chi connectivity index (χ1) is 14.8. The van der Waals surface area contributed by atoms with E-state index in [2.05, 4.69) is 18.2 Å². The molecule has 1 aliphatic rings. The molecule has 0 spiro atoms. The molecule has 0 bridgehead atoms. The van der Waals surface area contributed by atoms with Gasteiger partial charge < -0.3 is 0 Å². The van der Waals surface area contributed by atoms with E-state index in [1.54, 1.807) is 4.90 Å². The van der Waals surface area contributed by atoms with Crippen LogP contribution in [0.3, 0.4) is 0 Å². The van der Waals surface area contributed by atoms with E-state index in [1.165, 1.54) is 11.8 Å². The molecule has 0 aliphatic carbocycles. The van der Waals surface area contributed by atoms with Gasteiger partial charge in [-0.15, -0.1) is 0 Å². The number of carbonyl (C=O) groups excluding carboxylic acids is 1. The predicted octanol–water partition coefficient (Wildman–Crippen LogP) is 6.65. The number of nitrogens with zero attached hydrogens (tertiary/aromatic N) is 2. The molecule has 1 heterocycles. The fourth-order valence-corrected chi connectivity index (χ4v) is 4.48. The van der Waals surface area contributed by atoms with E-state index >= 15 is 0 Å². The Morgan fingerprint density at radius 1 is 0.733 bits per heavy atom. The second-order valence-corrected chi connectivity index (χ2v) is 7.89. The number of para-hydroxylation sites is 2. The lowest BCUT2D eigenvalue weighted by molar-refractivity contribution is -0.113. The molecule has 1 amide bonds. The molecule has 1 saturated heterocycles. The summed E-state index contributed by atoms with van der Waals surface area (Å²) in [5, 5.41) is 2.94. The Labute approximate surface area is 179 Å². The molecule has 0 N–H and O–H groups in total. The standard InChI is InChI=1S/C26H18N2OS/c29-25-24(18-20-12-9-11-19-10-7-8-17-23(19)20)30-26(27-21-13-3-1-4-14-21)28(25)22-15-5-2-6-16-22/h1-18H. The topological polar surface area (TPSA) is 32.7 Å². The highest BCUT2D eigenvalue weighted by atomic mass is 32.2. The van der Waals surface area contributed by atoms with Crippen LogP contribution in [-0.4, -0.2) is 11.1 Å². The van der Waals surface area contributed by atoms with Crippen molar-refractivity contribution < 1.29 is 4.79 Å². The Kier molecular flexibility index (Phi) is 4.91. The van der Waals surface area contributed by atoms with Gasteiger partial charge in [-0.3, -0.25) is 9.69 Å². The van der Waals surface area contributed by atoms with E-state index < -0.39 is 0 Å². The van der Waals surface area contributed by atoms with Gasteiger partial charge in [-0.05, 0) is 58.4 Å². The fourth-order valence-electron chi connectivity index (χ4n) is 3.48. The maximum Gasteiger partial charge on any atom is 0.271 e. The maximum atomic E-state index is 13.4. The molecule has 144 valence electrons. The number of aliphatic imine (C=N–C) groups is 1. The fraction of sp³-hybridized carbons (Fsp3) is 0. The smallest absolute Gasteiger partial charge is 0.268 e. The average molecular weight is 407 g/mol. The third-order valence-electron chi connectivity index (χ3n) is 4.91. The van der Waals surface area contributed by atoms with Crippen molar-refractivity contribution in [1.29, 1.82) is 0 Å². The van der Waals surface area contributed by atoms with Crippen LogP contribution in [-0.2, 0) is 4.79 Å². The molecule has 3 nitrogen and oxygen atoms in total. The molecule has 5 rings (SSSR count). The van der Waals surface area contributed by atoms with E-state index in [0.717, 1.165) is 27.7 Å². The van der Waals surface area contributed by atoms with Gasteiger partial charge in [0.15, 0.2) is 5.17 Å². The molecule has 0 saturated carbocycles. The highest BCUT2D eigenvalue weighted by molar-refractivity contribution is 8.19. The summed E-state index contributed by atoms with van der Waals surface area (Å²) in [4.78, 5) is 20.5. The van der Waals surface area contributed by atoms with Crippen molar-refractivity contribution in [2.45, 2.75) is 0 Å². The van der Waals surface area contributed by atoms with Gasteiger partial charge in [0.05, 0.1) is 16.3 Å². The highest BCUT2D eigenvalue weighted by Gasteiger charge is 2.34. The van der Waals surface area contributed by atoms with E-state index in [9.17, 15) is 4.79 Å². The summed E-state index contributed by atoms with van der Waals surface area (Å²) in [6, 6.07) is 33.7. The van der Waals surface area contributed by atoms with Gasteiger partial charge in [0.2, 0.25) is 0 Å². The lowest BCUT2D eigenvalue weighted by Gasteiger charge is -2.15. The normalized spacial score (nSPS) is 16.7. The molecule has 0 unspecified atom stereocenters. The zero-order chi connectivity index (χ0) is 20.3. The molecule has 0 radical (unpaired) electrons. The maximum absolute atomic E-state index is 13.4. The van der Waals surface area contributed by atoms with Crippen LogP contribution in [0, 0.1) is 0 Å². The third-order valence-corrected chi connectivity index (χ3v) is 5.88. The number of hydrogen-bond donors (Lipinski definition) is 0. The molecule has 1 aliphatic heterocycles. The van der Waals surface area contributed by atoms with Crippen molar-refractivity contribution in [3.8, 4) is 0 Å². The second-order valence-electron chi connectivity index (χ2n) is 6.89. The predicted molar refractivity (Wildman–Crippen MR) is 127 cm³/mol. The minimum Gasteiger partial charge on any atom is -0.268 e. The summed E-state index contributed by atoms with van der Waals surface area (Å²) in [6.45, 7) is 0. The number of thioether (sulfide) groups is 1. The number of amides is 1. The Morgan fingerprint density at radius 3 is 2.20 bits per heavy atom. The van der Waals surface area contributed by atoms with Gasteiger partial charge in [-0.2, -0.15) is 0 Å². The first kappa shape index (κ1) is 18.4. The van der Waals surface area contributed by atoms with Crippen LogP contribution in [0.25, 0.3) is 16.8 Å². The number of hydrogen-bond acceptors (Lipinski definition) is 3. The van der Waals surface area contributed by atoms with Crippen molar-refractivity contribution >= 4 is 51.1 Å². The van der Waals surface area contributed by atoms with Gasteiger partial charge in [0, 0.05) is 0 Å². The van der Waals surface area contributed by atoms with E-state index in [1.807, 2.05) is 91.0 Å².